The highest BCUT2D eigenvalue weighted by Gasteiger charge is 2.06. The van der Waals surface area contributed by atoms with E-state index in [-0.39, 0.29) is 0 Å². The Morgan fingerprint density at radius 3 is 2.45 bits per heavy atom. The standard InChI is InChI=1S/C18H22O3S/c1-20-12-11-15-7-9-17(10-8-15)21-13-16(19)14-22-18-5-3-2-4-6-18/h2-10,16,19H,11-14H2,1H3. The third-order valence-electron chi connectivity index (χ3n) is 3.15. The molecule has 2 aromatic rings. The number of ether oxygens (including phenoxy) is 2. The number of thioether (sulfide) groups is 1. The Kier molecular flexibility index (Phi) is 7.30. The summed E-state index contributed by atoms with van der Waals surface area (Å²) in [6.07, 6.45) is 0.408. The Hall–Kier alpha value is -1.49. The zero-order valence-electron chi connectivity index (χ0n) is 12.8. The van der Waals surface area contributed by atoms with Crippen molar-refractivity contribution in [1.29, 1.82) is 0 Å². The van der Waals surface area contributed by atoms with Gasteiger partial charge in [-0.25, -0.2) is 0 Å². The fourth-order valence-electron chi connectivity index (χ4n) is 1.92. The highest BCUT2D eigenvalue weighted by atomic mass is 32.2. The van der Waals surface area contributed by atoms with Crippen LogP contribution in [-0.2, 0) is 11.2 Å². The van der Waals surface area contributed by atoms with E-state index >= 15 is 0 Å². The van der Waals surface area contributed by atoms with E-state index in [1.165, 1.54) is 5.56 Å². The number of rotatable bonds is 9. The quantitative estimate of drug-likeness (QED) is 0.719. The van der Waals surface area contributed by atoms with Crippen LogP contribution in [0.2, 0.25) is 0 Å². The topological polar surface area (TPSA) is 38.7 Å². The molecule has 0 aliphatic carbocycles. The van der Waals surface area contributed by atoms with Gasteiger partial charge in [0.25, 0.3) is 0 Å². The lowest BCUT2D eigenvalue weighted by atomic mass is 10.1. The van der Waals surface area contributed by atoms with Crippen molar-refractivity contribution in [3.05, 3.63) is 60.2 Å². The minimum Gasteiger partial charge on any atom is -0.491 e. The molecule has 3 nitrogen and oxygen atoms in total. The van der Waals surface area contributed by atoms with Crippen LogP contribution in [0.4, 0.5) is 0 Å². The van der Waals surface area contributed by atoms with Crippen LogP contribution in [0.1, 0.15) is 5.56 Å². The molecule has 0 fully saturated rings. The summed E-state index contributed by atoms with van der Waals surface area (Å²) in [6, 6.07) is 18.0. The summed E-state index contributed by atoms with van der Waals surface area (Å²) in [7, 11) is 1.70. The molecule has 2 aromatic carbocycles. The Morgan fingerprint density at radius 1 is 1.05 bits per heavy atom. The van der Waals surface area contributed by atoms with Crippen LogP contribution in [0.5, 0.6) is 5.75 Å². The molecule has 0 saturated carbocycles. The largest absolute Gasteiger partial charge is 0.491 e. The van der Waals surface area contributed by atoms with E-state index in [9.17, 15) is 5.11 Å². The van der Waals surface area contributed by atoms with Gasteiger partial charge in [-0.3, -0.25) is 0 Å². The van der Waals surface area contributed by atoms with E-state index in [0.717, 1.165) is 23.7 Å². The molecule has 1 atom stereocenters. The lowest BCUT2D eigenvalue weighted by Crippen LogP contribution is -2.20. The smallest absolute Gasteiger partial charge is 0.119 e. The van der Waals surface area contributed by atoms with Crippen molar-refractivity contribution in [3.63, 3.8) is 0 Å². The second kappa shape index (κ2) is 9.51. The van der Waals surface area contributed by atoms with E-state index in [1.807, 2.05) is 54.6 Å². The molecule has 1 unspecified atom stereocenters. The summed E-state index contributed by atoms with van der Waals surface area (Å²) < 4.78 is 10.7. The van der Waals surface area contributed by atoms with Gasteiger partial charge in [0, 0.05) is 17.8 Å². The first-order valence-electron chi connectivity index (χ1n) is 7.34. The van der Waals surface area contributed by atoms with Gasteiger partial charge in [-0.15, -0.1) is 11.8 Å². The maximum atomic E-state index is 9.98. The third-order valence-corrected chi connectivity index (χ3v) is 4.30. The van der Waals surface area contributed by atoms with Crippen LogP contribution in [-0.4, -0.2) is 37.3 Å². The molecule has 0 bridgehead atoms. The Balaban J connectivity index is 1.70. The van der Waals surface area contributed by atoms with Gasteiger partial charge in [0.05, 0.1) is 12.7 Å². The Morgan fingerprint density at radius 2 is 1.77 bits per heavy atom. The van der Waals surface area contributed by atoms with Crippen molar-refractivity contribution in [2.75, 3.05) is 26.1 Å². The predicted octanol–water partition coefficient (Wildman–Crippen LogP) is 3.41. The van der Waals surface area contributed by atoms with Crippen molar-refractivity contribution in [2.45, 2.75) is 17.4 Å². The minimum atomic E-state index is -0.488. The summed E-state index contributed by atoms with van der Waals surface area (Å²) in [5, 5.41) is 9.98. The first-order chi connectivity index (χ1) is 10.8. The molecule has 0 amide bonds. The van der Waals surface area contributed by atoms with Gasteiger partial charge in [0.15, 0.2) is 0 Å². The highest BCUT2D eigenvalue weighted by molar-refractivity contribution is 7.99. The van der Waals surface area contributed by atoms with Crippen molar-refractivity contribution < 1.29 is 14.6 Å². The fourth-order valence-corrected chi connectivity index (χ4v) is 2.75. The number of aliphatic hydroxyl groups is 1. The summed E-state index contributed by atoms with van der Waals surface area (Å²) in [5.41, 5.74) is 1.22. The number of hydrogen-bond acceptors (Lipinski definition) is 4. The van der Waals surface area contributed by atoms with Crippen LogP contribution < -0.4 is 4.74 Å². The van der Waals surface area contributed by atoms with E-state index < -0.39 is 6.10 Å². The summed E-state index contributed by atoms with van der Waals surface area (Å²) in [5.74, 6) is 1.40. The molecule has 0 aromatic heterocycles. The monoisotopic (exact) mass is 318 g/mol. The van der Waals surface area contributed by atoms with Crippen LogP contribution >= 0.6 is 11.8 Å². The molecule has 0 spiro atoms. The van der Waals surface area contributed by atoms with Crippen molar-refractivity contribution in [2.24, 2.45) is 0 Å². The Bertz CT molecular complexity index is 528. The van der Waals surface area contributed by atoms with Gasteiger partial charge in [0.1, 0.15) is 12.4 Å². The second-order valence-corrected chi connectivity index (χ2v) is 6.07. The minimum absolute atomic E-state index is 0.303. The van der Waals surface area contributed by atoms with Gasteiger partial charge >= 0.3 is 0 Å². The molecule has 0 heterocycles. The highest BCUT2D eigenvalue weighted by Crippen LogP contribution is 2.18. The molecule has 0 radical (unpaired) electrons. The summed E-state index contributed by atoms with van der Waals surface area (Å²) in [4.78, 5) is 1.16. The lowest BCUT2D eigenvalue weighted by Gasteiger charge is -2.12. The number of benzene rings is 2. The second-order valence-electron chi connectivity index (χ2n) is 4.98. The predicted molar refractivity (Wildman–Crippen MR) is 90.7 cm³/mol. The van der Waals surface area contributed by atoms with Crippen molar-refractivity contribution in [3.8, 4) is 5.75 Å². The lowest BCUT2D eigenvalue weighted by molar-refractivity contribution is 0.126. The molecule has 0 aliphatic rings. The Labute approximate surface area is 136 Å². The van der Waals surface area contributed by atoms with Crippen LogP contribution in [0.3, 0.4) is 0 Å². The molecular formula is C18H22O3S. The molecule has 0 aliphatic heterocycles. The SMILES string of the molecule is COCCc1ccc(OCC(O)CSc2ccccc2)cc1. The average molecular weight is 318 g/mol. The van der Waals surface area contributed by atoms with Crippen LogP contribution in [0, 0.1) is 0 Å². The van der Waals surface area contributed by atoms with E-state index in [4.69, 9.17) is 9.47 Å². The van der Waals surface area contributed by atoms with Gasteiger partial charge in [-0.1, -0.05) is 30.3 Å². The average Bonchev–Trinajstić information content (AvgIpc) is 2.58. The third kappa shape index (κ3) is 6.10. The number of aliphatic hydroxyl groups excluding tert-OH is 1. The zero-order valence-corrected chi connectivity index (χ0v) is 13.6. The van der Waals surface area contributed by atoms with Gasteiger partial charge in [-0.05, 0) is 36.2 Å². The van der Waals surface area contributed by atoms with E-state index in [1.54, 1.807) is 18.9 Å². The fraction of sp³-hybridized carbons (Fsp3) is 0.333. The van der Waals surface area contributed by atoms with Gasteiger partial charge in [0.2, 0.25) is 0 Å². The zero-order chi connectivity index (χ0) is 15.6. The summed E-state index contributed by atoms with van der Waals surface area (Å²) in [6.45, 7) is 1.02. The molecule has 22 heavy (non-hydrogen) atoms. The molecule has 1 N–H and O–H groups in total. The van der Waals surface area contributed by atoms with Gasteiger partial charge < -0.3 is 14.6 Å². The maximum absolute atomic E-state index is 9.98. The molecule has 0 saturated heterocycles. The van der Waals surface area contributed by atoms with Crippen LogP contribution in [0.15, 0.2) is 59.5 Å². The summed E-state index contributed by atoms with van der Waals surface area (Å²) >= 11 is 1.63. The van der Waals surface area contributed by atoms with E-state index in [2.05, 4.69) is 0 Å². The van der Waals surface area contributed by atoms with E-state index in [0.29, 0.717) is 12.4 Å². The van der Waals surface area contributed by atoms with Crippen LogP contribution in [0.25, 0.3) is 0 Å². The first-order valence-corrected chi connectivity index (χ1v) is 8.33. The van der Waals surface area contributed by atoms with Crippen molar-refractivity contribution >= 4 is 11.8 Å². The molecular weight excluding hydrogens is 296 g/mol. The van der Waals surface area contributed by atoms with Gasteiger partial charge in [-0.2, -0.15) is 0 Å². The number of methoxy groups -OCH3 is 1. The molecule has 118 valence electrons. The number of hydrogen-bond donors (Lipinski definition) is 1. The molecule has 2 rings (SSSR count). The van der Waals surface area contributed by atoms with Crippen molar-refractivity contribution in [1.82, 2.24) is 0 Å². The first kappa shape index (κ1) is 16.9. The molecule has 4 heteroatoms. The maximum Gasteiger partial charge on any atom is 0.119 e. The normalized spacial score (nSPS) is 12.1.